The summed E-state index contributed by atoms with van der Waals surface area (Å²) < 4.78 is 11.5. The summed E-state index contributed by atoms with van der Waals surface area (Å²) in [4.78, 5) is 11.8. The van der Waals surface area contributed by atoms with E-state index in [9.17, 15) is 4.79 Å². The first-order valence-corrected chi connectivity index (χ1v) is 7.04. The molecule has 1 aromatic rings. The van der Waals surface area contributed by atoms with E-state index in [2.05, 4.69) is 31.9 Å². The quantitative estimate of drug-likeness (QED) is 0.587. The average Bonchev–Trinajstić information content (AvgIpc) is 2.29. The van der Waals surface area contributed by atoms with Crippen LogP contribution in [0.1, 0.15) is 24.2 Å². The number of hydrogen-bond donors (Lipinski definition) is 0. The molecule has 1 aromatic carbocycles. The van der Waals surface area contributed by atoms with E-state index >= 15 is 0 Å². The number of rotatable bonds is 5. The zero-order valence-electron chi connectivity index (χ0n) is 9.92. The molecule has 3 nitrogen and oxygen atoms in total. The van der Waals surface area contributed by atoms with Gasteiger partial charge >= 0.3 is 0 Å². The molecule has 0 saturated carbocycles. The molecule has 0 aliphatic carbocycles. The molecule has 0 N–H and O–H groups in total. The third-order valence-electron chi connectivity index (χ3n) is 2.04. The van der Waals surface area contributed by atoms with E-state index < -0.39 is 0 Å². The fraction of sp³-hybridized carbons (Fsp3) is 0.417. The van der Waals surface area contributed by atoms with E-state index in [1.807, 2.05) is 13.8 Å². The molecule has 17 heavy (non-hydrogen) atoms. The molecule has 0 heterocycles. The van der Waals surface area contributed by atoms with Gasteiger partial charge in [-0.25, -0.2) is 0 Å². The van der Waals surface area contributed by atoms with Gasteiger partial charge in [0.2, 0.25) is 0 Å². The highest BCUT2D eigenvalue weighted by molar-refractivity contribution is 9.10. The number of carbonyl (C=O) groups excluding carboxylic acids is 1. The van der Waals surface area contributed by atoms with Gasteiger partial charge in [0.25, 0.3) is 0 Å². The summed E-state index contributed by atoms with van der Waals surface area (Å²) in [5.74, 6) is 1.17. The maximum Gasteiger partial charge on any atom is 0.177 e. The van der Waals surface area contributed by atoms with E-state index in [4.69, 9.17) is 9.47 Å². The molecule has 0 radical (unpaired) electrons. The van der Waals surface area contributed by atoms with Gasteiger partial charge in [-0.3, -0.25) is 4.79 Å². The number of hydrogen-bond acceptors (Lipinski definition) is 3. The Labute approximate surface area is 118 Å². The lowest BCUT2D eigenvalue weighted by atomic mass is 10.1. The third kappa shape index (κ3) is 3.71. The topological polar surface area (TPSA) is 35.5 Å². The van der Waals surface area contributed by atoms with Crippen LogP contribution in [-0.4, -0.2) is 24.3 Å². The SMILES string of the molecule is COc1cc(OC(C)C)c(C(=O)CBr)cc1Br. The van der Waals surface area contributed by atoms with Crippen molar-refractivity contribution in [3.05, 3.63) is 22.2 Å². The van der Waals surface area contributed by atoms with Crippen LogP contribution in [0.4, 0.5) is 0 Å². The smallest absolute Gasteiger partial charge is 0.177 e. The number of ketones is 1. The van der Waals surface area contributed by atoms with Crippen molar-refractivity contribution in [3.63, 3.8) is 0 Å². The van der Waals surface area contributed by atoms with Gasteiger partial charge in [-0.05, 0) is 35.8 Å². The predicted molar refractivity (Wildman–Crippen MR) is 74.6 cm³/mol. The fourth-order valence-corrected chi connectivity index (χ4v) is 2.14. The number of halogens is 2. The second-order valence-electron chi connectivity index (χ2n) is 3.71. The highest BCUT2D eigenvalue weighted by atomic mass is 79.9. The average molecular weight is 366 g/mol. The van der Waals surface area contributed by atoms with E-state index in [0.29, 0.717) is 17.1 Å². The van der Waals surface area contributed by atoms with Crippen molar-refractivity contribution in [1.82, 2.24) is 0 Å². The van der Waals surface area contributed by atoms with Crippen molar-refractivity contribution in [2.24, 2.45) is 0 Å². The normalized spacial score (nSPS) is 10.5. The van der Waals surface area contributed by atoms with Gasteiger partial charge in [0.15, 0.2) is 5.78 Å². The second kappa shape index (κ2) is 6.40. The lowest BCUT2D eigenvalue weighted by Gasteiger charge is -2.15. The molecule has 0 amide bonds. The third-order valence-corrected chi connectivity index (χ3v) is 3.17. The van der Waals surface area contributed by atoms with Crippen LogP contribution >= 0.6 is 31.9 Å². The molecule has 0 bridgehead atoms. The van der Waals surface area contributed by atoms with Gasteiger partial charge in [0.05, 0.1) is 28.6 Å². The number of carbonyl (C=O) groups is 1. The Balaban J connectivity index is 3.25. The van der Waals surface area contributed by atoms with Crippen molar-refractivity contribution in [3.8, 4) is 11.5 Å². The number of Topliss-reactive ketones (excluding diaryl/α,β-unsaturated/α-hetero) is 1. The monoisotopic (exact) mass is 364 g/mol. The minimum atomic E-state index is -0.0241. The van der Waals surface area contributed by atoms with Crippen molar-refractivity contribution < 1.29 is 14.3 Å². The van der Waals surface area contributed by atoms with E-state index in [1.165, 1.54) is 0 Å². The van der Waals surface area contributed by atoms with Gasteiger partial charge in [-0.2, -0.15) is 0 Å². The van der Waals surface area contributed by atoms with E-state index in [0.717, 1.165) is 4.47 Å². The Morgan fingerprint density at radius 2 is 2.00 bits per heavy atom. The van der Waals surface area contributed by atoms with Crippen molar-refractivity contribution in [2.75, 3.05) is 12.4 Å². The lowest BCUT2D eigenvalue weighted by molar-refractivity contribution is 0.101. The highest BCUT2D eigenvalue weighted by Crippen LogP contribution is 2.33. The summed E-state index contributed by atoms with van der Waals surface area (Å²) in [7, 11) is 1.57. The van der Waals surface area contributed by atoms with Crippen molar-refractivity contribution >= 4 is 37.6 Å². The molecule has 94 valence electrons. The molecule has 0 spiro atoms. The van der Waals surface area contributed by atoms with Gasteiger partial charge in [0, 0.05) is 6.07 Å². The largest absolute Gasteiger partial charge is 0.495 e. The molecule has 0 atom stereocenters. The summed E-state index contributed by atoms with van der Waals surface area (Å²) in [5.41, 5.74) is 0.545. The van der Waals surface area contributed by atoms with Crippen molar-refractivity contribution in [2.45, 2.75) is 20.0 Å². The number of alkyl halides is 1. The molecule has 0 aliphatic heterocycles. The highest BCUT2D eigenvalue weighted by Gasteiger charge is 2.16. The lowest BCUT2D eigenvalue weighted by Crippen LogP contribution is -2.11. The first kappa shape index (κ1) is 14.5. The zero-order chi connectivity index (χ0) is 13.0. The minimum Gasteiger partial charge on any atom is -0.495 e. The first-order chi connectivity index (χ1) is 7.99. The standard InChI is InChI=1S/C12H14Br2O3/c1-7(2)17-11-5-12(16-3)9(14)4-8(11)10(15)6-13/h4-5,7H,6H2,1-3H3. The van der Waals surface area contributed by atoms with Crippen LogP contribution in [-0.2, 0) is 0 Å². The minimum absolute atomic E-state index is 0.00255. The second-order valence-corrected chi connectivity index (χ2v) is 5.12. The molecule has 1 rings (SSSR count). The summed E-state index contributed by atoms with van der Waals surface area (Å²) in [5, 5.41) is 0.264. The van der Waals surface area contributed by atoms with Crippen molar-refractivity contribution in [1.29, 1.82) is 0 Å². The Kier molecular flexibility index (Phi) is 5.46. The van der Waals surface area contributed by atoms with Crippen LogP contribution in [0.25, 0.3) is 0 Å². The molecule has 0 unspecified atom stereocenters. The van der Waals surface area contributed by atoms with E-state index in [-0.39, 0.29) is 17.2 Å². The summed E-state index contributed by atoms with van der Waals surface area (Å²) in [6.07, 6.45) is 0.00255. The Bertz CT molecular complexity index is 416. The maximum absolute atomic E-state index is 11.8. The maximum atomic E-state index is 11.8. The van der Waals surface area contributed by atoms with Gasteiger partial charge < -0.3 is 9.47 Å². The molecular formula is C12H14Br2O3. The number of benzene rings is 1. The summed E-state index contributed by atoms with van der Waals surface area (Å²) in [6, 6.07) is 3.44. The summed E-state index contributed by atoms with van der Waals surface area (Å²) in [6.45, 7) is 3.83. The molecule has 0 aliphatic rings. The van der Waals surface area contributed by atoms with Gasteiger partial charge in [-0.15, -0.1) is 0 Å². The van der Waals surface area contributed by atoms with Crippen LogP contribution in [0, 0.1) is 0 Å². The molecule has 0 saturated heterocycles. The number of methoxy groups -OCH3 is 1. The van der Waals surface area contributed by atoms with Crippen LogP contribution in [0.2, 0.25) is 0 Å². The van der Waals surface area contributed by atoms with Crippen LogP contribution in [0.5, 0.6) is 11.5 Å². The summed E-state index contributed by atoms with van der Waals surface area (Å²) >= 11 is 6.52. The molecular weight excluding hydrogens is 352 g/mol. The van der Waals surface area contributed by atoms with Gasteiger partial charge in [-0.1, -0.05) is 15.9 Å². The van der Waals surface area contributed by atoms with Crippen LogP contribution < -0.4 is 9.47 Å². The number of ether oxygens (including phenoxy) is 2. The Morgan fingerprint density at radius 3 is 2.47 bits per heavy atom. The predicted octanol–water partition coefficient (Wildman–Crippen LogP) is 3.82. The Morgan fingerprint density at radius 1 is 1.35 bits per heavy atom. The molecule has 5 heteroatoms. The van der Waals surface area contributed by atoms with Gasteiger partial charge in [0.1, 0.15) is 11.5 Å². The van der Waals surface area contributed by atoms with Crippen LogP contribution in [0.15, 0.2) is 16.6 Å². The van der Waals surface area contributed by atoms with Crippen LogP contribution in [0.3, 0.4) is 0 Å². The van der Waals surface area contributed by atoms with E-state index in [1.54, 1.807) is 19.2 Å². The molecule has 0 aromatic heterocycles. The molecule has 0 fully saturated rings. The first-order valence-electron chi connectivity index (χ1n) is 5.13. The Hall–Kier alpha value is -0.550. The zero-order valence-corrected chi connectivity index (χ0v) is 13.1. The fourth-order valence-electron chi connectivity index (χ4n) is 1.33.